The van der Waals surface area contributed by atoms with Gasteiger partial charge in [0.25, 0.3) is 5.92 Å². The fourth-order valence-corrected chi connectivity index (χ4v) is 2.56. The van der Waals surface area contributed by atoms with Crippen molar-refractivity contribution in [3.05, 3.63) is 23.5 Å². The maximum absolute atomic E-state index is 14.3. The molecule has 0 bridgehead atoms. The third kappa shape index (κ3) is 7.12. The number of hydrogen-bond acceptors (Lipinski definition) is 2. The third-order valence-electron chi connectivity index (χ3n) is 3.62. The quantitative estimate of drug-likeness (QED) is 0.560. The van der Waals surface area contributed by atoms with Gasteiger partial charge >= 0.3 is 0 Å². The molecule has 1 saturated heterocycles. The predicted octanol–water partition coefficient (Wildman–Crippen LogP) is 6.40. The summed E-state index contributed by atoms with van der Waals surface area (Å²) in [7, 11) is 1.96. The Bertz CT molecular complexity index is 481. The van der Waals surface area contributed by atoms with Crippen molar-refractivity contribution in [2.24, 2.45) is 0 Å². The molecule has 0 aromatic heterocycles. The highest BCUT2D eigenvalue weighted by atomic mass is 19.3. The molecule has 6 heteroatoms. The molecule has 0 radical (unpaired) electrons. The van der Waals surface area contributed by atoms with Gasteiger partial charge in [-0.15, -0.1) is 0 Å². The molecule has 0 amide bonds. The highest BCUT2D eigenvalue weighted by Crippen LogP contribution is 2.40. The van der Waals surface area contributed by atoms with Crippen molar-refractivity contribution >= 4 is 5.69 Å². The number of rotatable bonds is 2. The number of nitrogens with zero attached hydrogens (tertiary/aromatic N) is 1. The fraction of sp³-hybridized carbons (Fsp3) is 0.684. The second-order valence-electron chi connectivity index (χ2n) is 5.10. The topological polar surface area (TPSA) is 12.5 Å². The Morgan fingerprint density at radius 1 is 1.12 bits per heavy atom. The average molecular weight is 367 g/mol. The lowest BCUT2D eigenvalue weighted by Crippen LogP contribution is -2.46. The van der Waals surface area contributed by atoms with E-state index in [-0.39, 0.29) is 19.4 Å². The summed E-state index contributed by atoms with van der Waals surface area (Å²) < 4.78 is 55.7. The minimum atomic E-state index is -2.66. The lowest BCUT2D eigenvalue weighted by atomic mass is 9.98. The van der Waals surface area contributed by atoms with Crippen molar-refractivity contribution in [1.29, 1.82) is 0 Å². The lowest BCUT2D eigenvalue weighted by molar-refractivity contribution is -0.0320. The van der Waals surface area contributed by atoms with Crippen LogP contribution >= 0.6 is 0 Å². The summed E-state index contributed by atoms with van der Waals surface area (Å²) in [5.41, 5.74) is 0.783. The molecule has 148 valence electrons. The minimum Gasteiger partial charge on any atom is -0.494 e. The molecule has 0 aliphatic carbocycles. The molecule has 1 aliphatic rings. The molecule has 0 spiro atoms. The van der Waals surface area contributed by atoms with Crippen molar-refractivity contribution in [2.75, 3.05) is 25.7 Å². The van der Waals surface area contributed by atoms with E-state index in [9.17, 15) is 17.6 Å². The van der Waals surface area contributed by atoms with E-state index in [1.807, 2.05) is 27.7 Å². The fourth-order valence-electron chi connectivity index (χ4n) is 2.56. The molecular formula is C19H33F4NO. The maximum atomic E-state index is 14.3. The summed E-state index contributed by atoms with van der Waals surface area (Å²) in [6.07, 6.45) is -0.516. The number of halogens is 4. The van der Waals surface area contributed by atoms with E-state index >= 15 is 0 Å². The van der Waals surface area contributed by atoms with Gasteiger partial charge in [0.2, 0.25) is 0 Å². The Morgan fingerprint density at radius 3 is 2.08 bits per heavy atom. The first-order valence-corrected chi connectivity index (χ1v) is 8.71. The van der Waals surface area contributed by atoms with Crippen molar-refractivity contribution < 1.29 is 22.3 Å². The van der Waals surface area contributed by atoms with E-state index in [1.165, 1.54) is 7.11 Å². The average Bonchev–Trinajstić information content (AvgIpc) is 2.62. The molecule has 1 aromatic rings. The van der Waals surface area contributed by atoms with E-state index < -0.39 is 17.8 Å². The van der Waals surface area contributed by atoms with Crippen LogP contribution in [0, 0.1) is 12.7 Å². The molecule has 1 aromatic carbocycles. The van der Waals surface area contributed by atoms with Gasteiger partial charge in [-0.25, -0.2) is 13.2 Å². The van der Waals surface area contributed by atoms with Crippen LogP contribution in [0.15, 0.2) is 12.1 Å². The Morgan fingerprint density at radius 2 is 1.64 bits per heavy atom. The molecule has 2 rings (SSSR count). The van der Waals surface area contributed by atoms with Crippen LogP contribution in [0.4, 0.5) is 23.2 Å². The number of alkyl halides is 3. The smallest absolute Gasteiger partial charge is 0.251 e. The zero-order valence-corrected chi connectivity index (χ0v) is 16.7. The van der Waals surface area contributed by atoms with Crippen LogP contribution in [0.3, 0.4) is 0 Å². The van der Waals surface area contributed by atoms with E-state index in [0.717, 1.165) is 0 Å². The Labute approximate surface area is 150 Å². The van der Waals surface area contributed by atoms with E-state index in [2.05, 4.69) is 0 Å². The number of anilines is 1. The molecular weight excluding hydrogens is 334 g/mol. The third-order valence-corrected chi connectivity index (χ3v) is 3.62. The summed E-state index contributed by atoms with van der Waals surface area (Å²) in [4.78, 5) is 1.68. The second kappa shape index (κ2) is 12.8. The first kappa shape index (κ1) is 25.8. The van der Waals surface area contributed by atoms with Crippen LogP contribution in [0.25, 0.3) is 0 Å². The second-order valence-corrected chi connectivity index (χ2v) is 5.10. The van der Waals surface area contributed by atoms with Crippen LogP contribution in [0.1, 0.15) is 53.0 Å². The maximum Gasteiger partial charge on any atom is 0.251 e. The molecule has 1 aliphatic heterocycles. The number of methoxy groups -OCH3 is 1. The van der Waals surface area contributed by atoms with Gasteiger partial charge in [0.15, 0.2) is 5.82 Å². The van der Waals surface area contributed by atoms with Crippen molar-refractivity contribution in [1.82, 2.24) is 0 Å². The summed E-state index contributed by atoms with van der Waals surface area (Å²) in [5.74, 6) is -2.67. The van der Waals surface area contributed by atoms with Gasteiger partial charge in [0.1, 0.15) is 11.4 Å². The molecule has 2 nitrogen and oxygen atoms in total. The number of aryl methyl sites for hydroxylation is 1. The van der Waals surface area contributed by atoms with Gasteiger partial charge in [-0.3, -0.25) is 4.39 Å². The van der Waals surface area contributed by atoms with E-state index in [0.29, 0.717) is 24.2 Å². The monoisotopic (exact) mass is 367 g/mol. The van der Waals surface area contributed by atoms with E-state index in [4.69, 9.17) is 4.74 Å². The van der Waals surface area contributed by atoms with Gasteiger partial charge in [0.05, 0.1) is 14.3 Å². The molecule has 1 fully saturated rings. The van der Waals surface area contributed by atoms with Crippen molar-refractivity contribution in [3.63, 3.8) is 0 Å². The Balaban J connectivity index is 0. The van der Waals surface area contributed by atoms with Gasteiger partial charge in [0, 0.05) is 25.4 Å². The van der Waals surface area contributed by atoms with Crippen LogP contribution in [-0.2, 0) is 0 Å². The summed E-state index contributed by atoms with van der Waals surface area (Å²) in [6, 6.07) is 2.88. The number of benzene rings is 1. The number of piperidine rings is 1. The molecule has 0 saturated carbocycles. The standard InChI is InChI=1S/C14H18F3NO.2C2H6.CH3F/c1-9-4-5-11(19-3)13(12(9)15)18-7-6-14(16,17)8-10(18)2;3*1-2/h4-5,10H,6-8H2,1-3H3;2*1-2H3;1H3. The summed E-state index contributed by atoms with van der Waals surface area (Å²) in [5, 5.41) is 0. The lowest BCUT2D eigenvalue weighted by Gasteiger charge is -2.39. The SMILES string of the molecule is CC.CC.CF.COc1ccc(C)c(F)c1N1CCC(F)(F)CC1C. The largest absolute Gasteiger partial charge is 0.494 e. The molecule has 1 heterocycles. The van der Waals surface area contributed by atoms with Crippen LogP contribution in [0.2, 0.25) is 0 Å². The van der Waals surface area contributed by atoms with Gasteiger partial charge in [-0.05, 0) is 25.5 Å². The predicted molar refractivity (Wildman–Crippen MR) is 98.4 cm³/mol. The van der Waals surface area contributed by atoms with Crippen LogP contribution in [0.5, 0.6) is 5.75 Å². The zero-order valence-electron chi connectivity index (χ0n) is 16.7. The first-order chi connectivity index (χ1) is 11.9. The minimum absolute atomic E-state index is 0.130. The van der Waals surface area contributed by atoms with Gasteiger partial charge < -0.3 is 9.64 Å². The zero-order chi connectivity index (χ0) is 20.2. The Hall–Kier alpha value is -1.46. The molecule has 1 unspecified atom stereocenters. The summed E-state index contributed by atoms with van der Waals surface area (Å²) in [6.45, 7) is 11.5. The molecule has 25 heavy (non-hydrogen) atoms. The number of ether oxygens (including phenoxy) is 1. The summed E-state index contributed by atoms with van der Waals surface area (Å²) >= 11 is 0. The normalized spacial score (nSPS) is 17.8. The first-order valence-electron chi connectivity index (χ1n) is 8.71. The van der Waals surface area contributed by atoms with Gasteiger partial charge in [-0.1, -0.05) is 33.8 Å². The highest BCUT2D eigenvalue weighted by Gasteiger charge is 2.39. The van der Waals surface area contributed by atoms with Crippen molar-refractivity contribution in [2.45, 2.75) is 66.3 Å². The van der Waals surface area contributed by atoms with Crippen molar-refractivity contribution in [3.8, 4) is 5.75 Å². The molecule has 1 atom stereocenters. The van der Waals surface area contributed by atoms with Crippen LogP contribution in [-0.4, -0.2) is 32.8 Å². The highest BCUT2D eigenvalue weighted by molar-refractivity contribution is 5.62. The number of hydrogen-bond donors (Lipinski definition) is 0. The van der Waals surface area contributed by atoms with Crippen LogP contribution < -0.4 is 9.64 Å². The molecule has 0 N–H and O–H groups in total. The van der Waals surface area contributed by atoms with E-state index in [1.54, 1.807) is 30.9 Å². The van der Waals surface area contributed by atoms with Gasteiger partial charge in [-0.2, -0.15) is 0 Å². The Kier molecular flexibility index (Phi) is 13.2.